The number of aromatic nitrogens is 4. The Balaban J connectivity index is 1.30. The molecule has 11 heteroatoms. The Morgan fingerprint density at radius 2 is 1.89 bits per heavy atom. The summed E-state index contributed by atoms with van der Waals surface area (Å²) in [5, 5.41) is 15.3. The second kappa shape index (κ2) is 10.2. The molecule has 5 rings (SSSR count). The Bertz CT molecular complexity index is 1210. The summed E-state index contributed by atoms with van der Waals surface area (Å²) in [6.45, 7) is 5.86. The van der Waals surface area contributed by atoms with Crippen LogP contribution in [-0.4, -0.2) is 65.1 Å². The molecule has 4 heterocycles. The zero-order chi connectivity index (χ0) is 24.4. The summed E-state index contributed by atoms with van der Waals surface area (Å²) in [5.41, 5.74) is 3.45. The molecule has 0 spiro atoms. The smallest absolute Gasteiger partial charge is 0.296 e. The molecule has 10 nitrogen and oxygen atoms in total. The van der Waals surface area contributed by atoms with E-state index in [4.69, 9.17) is 14.2 Å². The summed E-state index contributed by atoms with van der Waals surface area (Å²) in [7, 11) is 1.58. The number of rotatable bonds is 9. The maximum absolute atomic E-state index is 13.2. The summed E-state index contributed by atoms with van der Waals surface area (Å²) in [5.74, 6) is 1.00. The van der Waals surface area contributed by atoms with Gasteiger partial charge in [-0.2, -0.15) is 0 Å². The van der Waals surface area contributed by atoms with Crippen LogP contribution in [0, 0.1) is 19.8 Å². The van der Waals surface area contributed by atoms with Gasteiger partial charge in [-0.3, -0.25) is 20.1 Å². The molecular weight excluding hydrogens is 468 g/mol. The van der Waals surface area contributed by atoms with Gasteiger partial charge in [0.15, 0.2) is 0 Å². The van der Waals surface area contributed by atoms with Gasteiger partial charge in [-0.1, -0.05) is 5.10 Å². The molecule has 2 fully saturated rings. The van der Waals surface area contributed by atoms with Crippen LogP contribution in [0.2, 0.25) is 0 Å². The lowest BCUT2D eigenvalue weighted by Crippen LogP contribution is -2.42. The maximum Gasteiger partial charge on any atom is 0.296 e. The average molecular weight is 497 g/mol. The number of anilines is 1. The number of hydrogen-bond donors (Lipinski definition) is 2. The molecule has 184 valence electrons. The fourth-order valence-corrected chi connectivity index (χ4v) is 4.61. The minimum Gasteiger partial charge on any atom is -0.494 e. The van der Waals surface area contributed by atoms with E-state index >= 15 is 0 Å². The number of pyridine rings is 2. The Hall–Kier alpha value is -3.15. The lowest BCUT2D eigenvalue weighted by Gasteiger charge is -2.18. The number of carbonyl (C=O) groups is 1. The maximum atomic E-state index is 13.2. The first-order valence-electron chi connectivity index (χ1n) is 11.6. The molecule has 0 aromatic carbocycles. The van der Waals surface area contributed by atoms with Crippen molar-refractivity contribution in [3.05, 3.63) is 41.5 Å². The van der Waals surface area contributed by atoms with Crippen LogP contribution < -0.4 is 20.1 Å². The monoisotopic (exact) mass is 496 g/mol. The number of hydrogen-bond acceptors (Lipinski definition) is 10. The van der Waals surface area contributed by atoms with Gasteiger partial charge in [-0.25, -0.2) is 0 Å². The summed E-state index contributed by atoms with van der Waals surface area (Å²) < 4.78 is 17.1. The van der Waals surface area contributed by atoms with E-state index in [1.165, 1.54) is 24.2 Å². The molecule has 3 aromatic rings. The van der Waals surface area contributed by atoms with Crippen LogP contribution in [0.5, 0.6) is 10.9 Å². The molecule has 2 N–H and O–H groups in total. The molecule has 0 bridgehead atoms. The summed E-state index contributed by atoms with van der Waals surface area (Å²) >= 11 is 1.18. The second-order valence-corrected chi connectivity index (χ2v) is 9.82. The lowest BCUT2D eigenvalue weighted by atomic mass is 9.99. The van der Waals surface area contributed by atoms with Crippen LogP contribution in [0.25, 0.3) is 11.1 Å². The molecule has 1 aliphatic heterocycles. The minimum absolute atomic E-state index is 0.123. The van der Waals surface area contributed by atoms with Crippen molar-refractivity contribution in [3.8, 4) is 22.1 Å². The normalized spacial score (nSPS) is 19.5. The first-order valence-corrected chi connectivity index (χ1v) is 12.4. The SMILES string of the molecule is COc1cnc(C)cc1-c1cc(C)ncc1C(=O)Nc1nnc(OC2COCC2NCC2CC2)s1. The summed E-state index contributed by atoms with van der Waals surface area (Å²) in [4.78, 5) is 21.8. The number of amides is 1. The minimum atomic E-state index is -0.347. The highest BCUT2D eigenvalue weighted by atomic mass is 32.1. The van der Waals surface area contributed by atoms with E-state index in [0.29, 0.717) is 40.4 Å². The third-order valence-corrected chi connectivity index (χ3v) is 6.80. The van der Waals surface area contributed by atoms with Crippen LogP contribution >= 0.6 is 11.3 Å². The third-order valence-electron chi connectivity index (χ3n) is 6.07. The molecule has 2 atom stereocenters. The number of methoxy groups -OCH3 is 1. The topological polar surface area (TPSA) is 120 Å². The quantitative estimate of drug-likeness (QED) is 0.460. The van der Waals surface area contributed by atoms with Crippen molar-refractivity contribution < 1.29 is 19.0 Å². The predicted molar refractivity (Wildman–Crippen MR) is 131 cm³/mol. The number of nitrogens with one attached hydrogen (secondary N) is 2. The van der Waals surface area contributed by atoms with Gasteiger partial charge in [0, 0.05) is 28.7 Å². The fourth-order valence-electron chi connectivity index (χ4n) is 3.97. The van der Waals surface area contributed by atoms with Crippen molar-refractivity contribution >= 4 is 22.4 Å². The van der Waals surface area contributed by atoms with Gasteiger partial charge in [-0.05, 0) is 62.6 Å². The van der Waals surface area contributed by atoms with Crippen molar-refractivity contribution in [1.29, 1.82) is 0 Å². The first kappa shape index (κ1) is 23.6. The molecular formula is C24H28N6O4S. The molecule has 3 aromatic heterocycles. The van der Waals surface area contributed by atoms with Crippen molar-refractivity contribution in [2.24, 2.45) is 5.92 Å². The van der Waals surface area contributed by atoms with E-state index < -0.39 is 0 Å². The van der Waals surface area contributed by atoms with Gasteiger partial charge in [0.05, 0.1) is 38.1 Å². The van der Waals surface area contributed by atoms with E-state index in [-0.39, 0.29) is 18.1 Å². The highest BCUT2D eigenvalue weighted by Gasteiger charge is 2.32. The van der Waals surface area contributed by atoms with Gasteiger partial charge in [0.1, 0.15) is 11.9 Å². The largest absolute Gasteiger partial charge is 0.494 e. The average Bonchev–Trinajstić information content (AvgIpc) is 3.41. The van der Waals surface area contributed by atoms with E-state index in [1.54, 1.807) is 19.5 Å². The molecule has 1 saturated heterocycles. The van der Waals surface area contributed by atoms with E-state index in [0.717, 1.165) is 29.4 Å². The third kappa shape index (κ3) is 5.58. The predicted octanol–water partition coefficient (Wildman–Crippen LogP) is 3.02. The molecule has 2 unspecified atom stereocenters. The van der Waals surface area contributed by atoms with Gasteiger partial charge in [0.2, 0.25) is 5.13 Å². The van der Waals surface area contributed by atoms with E-state index in [2.05, 4.69) is 30.8 Å². The molecule has 1 amide bonds. The Kier molecular flexibility index (Phi) is 6.89. The lowest BCUT2D eigenvalue weighted by molar-refractivity contribution is 0.102. The summed E-state index contributed by atoms with van der Waals surface area (Å²) in [6.07, 6.45) is 5.64. The Labute approximate surface area is 207 Å². The standard InChI is InChI=1S/C24H28N6O4S/c1-13-6-16(17-7-14(2)26-10-20(17)32-3)18(9-25-13)22(31)28-23-29-30-24(35-23)34-21-12-33-11-19(21)27-8-15-4-5-15/h6-7,9-10,15,19,21,27H,4-5,8,11-12H2,1-3H3,(H,28,29,31). The molecule has 0 radical (unpaired) electrons. The number of aryl methyl sites for hydroxylation is 2. The van der Waals surface area contributed by atoms with Crippen LogP contribution in [0.15, 0.2) is 24.5 Å². The first-order chi connectivity index (χ1) is 17.0. The van der Waals surface area contributed by atoms with E-state index in [1.807, 2.05) is 26.0 Å². The van der Waals surface area contributed by atoms with Gasteiger partial charge < -0.3 is 19.5 Å². The van der Waals surface area contributed by atoms with Gasteiger partial charge in [0.25, 0.3) is 11.1 Å². The van der Waals surface area contributed by atoms with Crippen molar-refractivity contribution in [2.75, 3.05) is 32.2 Å². The van der Waals surface area contributed by atoms with E-state index in [9.17, 15) is 4.79 Å². The van der Waals surface area contributed by atoms with Crippen LogP contribution in [0.4, 0.5) is 5.13 Å². The highest BCUT2D eigenvalue weighted by molar-refractivity contribution is 7.17. The molecule has 1 saturated carbocycles. The van der Waals surface area contributed by atoms with Crippen LogP contribution in [0.3, 0.4) is 0 Å². The van der Waals surface area contributed by atoms with Crippen LogP contribution in [0.1, 0.15) is 34.6 Å². The Morgan fingerprint density at radius 1 is 1.11 bits per heavy atom. The zero-order valence-corrected chi connectivity index (χ0v) is 20.7. The second-order valence-electron chi connectivity index (χ2n) is 8.88. The van der Waals surface area contributed by atoms with Gasteiger partial charge in [-0.15, -0.1) is 5.10 Å². The van der Waals surface area contributed by atoms with Crippen LogP contribution in [-0.2, 0) is 4.74 Å². The number of carbonyl (C=O) groups excluding carboxylic acids is 1. The van der Waals surface area contributed by atoms with Crippen molar-refractivity contribution in [2.45, 2.75) is 38.8 Å². The molecule has 2 aliphatic rings. The number of ether oxygens (including phenoxy) is 3. The highest BCUT2D eigenvalue weighted by Crippen LogP contribution is 2.34. The zero-order valence-electron chi connectivity index (χ0n) is 19.9. The number of nitrogens with zero attached hydrogens (tertiary/aromatic N) is 4. The Morgan fingerprint density at radius 3 is 2.66 bits per heavy atom. The van der Waals surface area contributed by atoms with Gasteiger partial charge >= 0.3 is 0 Å². The van der Waals surface area contributed by atoms with Crippen molar-refractivity contribution in [3.63, 3.8) is 0 Å². The molecule has 35 heavy (non-hydrogen) atoms. The van der Waals surface area contributed by atoms with Crippen molar-refractivity contribution in [1.82, 2.24) is 25.5 Å². The molecule has 1 aliphatic carbocycles. The summed E-state index contributed by atoms with van der Waals surface area (Å²) in [6, 6.07) is 3.87. The fraction of sp³-hybridized carbons (Fsp3) is 0.458.